The van der Waals surface area contributed by atoms with E-state index in [2.05, 4.69) is 32.4 Å². The predicted octanol–water partition coefficient (Wildman–Crippen LogP) is 4.71. The Morgan fingerprint density at radius 3 is 2.64 bits per heavy atom. The molecule has 5 rings (SSSR count). The summed E-state index contributed by atoms with van der Waals surface area (Å²) in [5.74, 6) is -1.66. The van der Waals surface area contributed by atoms with Gasteiger partial charge in [-0.1, -0.05) is 12.1 Å². The Labute approximate surface area is 257 Å². The van der Waals surface area contributed by atoms with Gasteiger partial charge in [-0.3, -0.25) is 24.4 Å². The molecular formula is C32H32F2N8O3. The van der Waals surface area contributed by atoms with E-state index in [4.69, 9.17) is 0 Å². The van der Waals surface area contributed by atoms with Gasteiger partial charge in [-0.05, 0) is 50.9 Å². The van der Waals surface area contributed by atoms with E-state index in [1.165, 1.54) is 40.9 Å². The number of likely N-dealkylation sites (tertiary alicyclic amines) is 1. The van der Waals surface area contributed by atoms with Crippen LogP contribution in [0.15, 0.2) is 76.6 Å². The number of halogens is 2. The lowest BCUT2D eigenvalue weighted by Crippen LogP contribution is -2.44. The highest BCUT2D eigenvalue weighted by atomic mass is 19.1. The first-order valence-electron chi connectivity index (χ1n) is 14.1. The number of allylic oxidation sites excluding steroid dienone is 1. The van der Waals surface area contributed by atoms with Crippen molar-refractivity contribution in [3.05, 3.63) is 83.7 Å². The smallest absolute Gasteiger partial charge is 0.248 e. The number of benzene rings is 2. The maximum absolute atomic E-state index is 14.7. The zero-order valence-corrected chi connectivity index (χ0v) is 25.0. The number of rotatable bonds is 10. The minimum atomic E-state index is -1.41. The molecular weight excluding hydrogens is 582 g/mol. The molecule has 1 aliphatic heterocycles. The number of alkyl halides is 1. The number of Topliss-reactive ketones (excluding diaryl/α,β-unsaturated/α-hetero) is 1. The Balaban J connectivity index is 1.39. The Bertz CT molecular complexity index is 1860. The first-order chi connectivity index (χ1) is 21.6. The van der Waals surface area contributed by atoms with Crippen molar-refractivity contribution in [1.29, 1.82) is 0 Å². The van der Waals surface area contributed by atoms with E-state index in [0.29, 0.717) is 33.5 Å². The fourth-order valence-electron chi connectivity index (χ4n) is 5.44. The van der Waals surface area contributed by atoms with Crippen LogP contribution in [0.25, 0.3) is 16.6 Å². The van der Waals surface area contributed by atoms with Crippen molar-refractivity contribution in [3.63, 3.8) is 0 Å². The van der Waals surface area contributed by atoms with Gasteiger partial charge in [0.25, 0.3) is 0 Å². The average Bonchev–Trinajstić information content (AvgIpc) is 3.68. The molecule has 0 aliphatic carbocycles. The number of fused-ring (bicyclic) bond motifs is 1. The van der Waals surface area contributed by atoms with Crippen LogP contribution >= 0.6 is 0 Å². The summed E-state index contributed by atoms with van der Waals surface area (Å²) in [6.45, 7) is 6.09. The molecule has 1 fully saturated rings. The van der Waals surface area contributed by atoms with E-state index in [0.717, 1.165) is 0 Å². The van der Waals surface area contributed by atoms with Gasteiger partial charge < -0.3 is 20.1 Å². The van der Waals surface area contributed by atoms with Crippen molar-refractivity contribution in [3.8, 4) is 5.69 Å². The van der Waals surface area contributed by atoms with Crippen molar-refractivity contribution in [1.82, 2.24) is 19.2 Å². The maximum Gasteiger partial charge on any atom is 0.248 e. The van der Waals surface area contributed by atoms with E-state index in [-0.39, 0.29) is 36.8 Å². The summed E-state index contributed by atoms with van der Waals surface area (Å²) in [4.78, 5) is 48.5. The summed E-state index contributed by atoms with van der Waals surface area (Å²) < 4.78 is 32.1. The molecule has 2 atom stereocenters. The zero-order valence-electron chi connectivity index (χ0n) is 25.0. The third kappa shape index (κ3) is 6.56. The van der Waals surface area contributed by atoms with Crippen LogP contribution in [0.2, 0.25) is 0 Å². The highest BCUT2D eigenvalue weighted by Gasteiger charge is 2.40. The number of amides is 2. The van der Waals surface area contributed by atoms with Gasteiger partial charge in [-0.25, -0.2) is 13.5 Å². The highest BCUT2D eigenvalue weighted by molar-refractivity contribution is 6.08. The molecule has 0 bridgehead atoms. The third-order valence-electron chi connectivity index (χ3n) is 7.39. The van der Waals surface area contributed by atoms with Gasteiger partial charge in [0.2, 0.25) is 11.8 Å². The molecule has 0 spiro atoms. The van der Waals surface area contributed by atoms with Gasteiger partial charge in [-0.2, -0.15) is 5.10 Å². The van der Waals surface area contributed by atoms with Crippen LogP contribution in [-0.4, -0.2) is 75.6 Å². The van der Waals surface area contributed by atoms with E-state index in [9.17, 15) is 23.2 Å². The van der Waals surface area contributed by atoms with Crippen LogP contribution in [0.5, 0.6) is 0 Å². The van der Waals surface area contributed by atoms with Crippen LogP contribution in [0.3, 0.4) is 0 Å². The number of anilines is 2. The number of nitrogens with one attached hydrogen (secondary N) is 2. The van der Waals surface area contributed by atoms with Gasteiger partial charge in [0.05, 0.1) is 24.1 Å². The quantitative estimate of drug-likeness (QED) is 0.198. The minimum Gasteiger partial charge on any atom is -0.353 e. The molecule has 2 N–H and O–H groups in total. The second-order valence-corrected chi connectivity index (χ2v) is 10.7. The van der Waals surface area contributed by atoms with Gasteiger partial charge in [0.15, 0.2) is 5.78 Å². The van der Waals surface area contributed by atoms with Gasteiger partial charge in [-0.15, -0.1) is 0 Å². The van der Waals surface area contributed by atoms with Crippen molar-refractivity contribution < 1.29 is 23.2 Å². The predicted molar refractivity (Wildman–Crippen MR) is 170 cm³/mol. The van der Waals surface area contributed by atoms with Gasteiger partial charge >= 0.3 is 0 Å². The van der Waals surface area contributed by atoms with Crippen molar-refractivity contribution in [2.24, 2.45) is 9.98 Å². The van der Waals surface area contributed by atoms with Crippen LogP contribution in [0, 0.1) is 12.7 Å². The Kier molecular flexibility index (Phi) is 8.98. The van der Waals surface area contributed by atoms with Crippen molar-refractivity contribution in [2.75, 3.05) is 24.2 Å². The lowest BCUT2D eigenvalue weighted by Gasteiger charge is -2.24. The topological polar surface area (TPSA) is 126 Å². The molecule has 13 heteroatoms. The zero-order chi connectivity index (χ0) is 32.2. The summed E-state index contributed by atoms with van der Waals surface area (Å²) >= 11 is 0. The molecule has 2 aromatic heterocycles. The molecule has 0 saturated carbocycles. The Morgan fingerprint density at radius 1 is 1.16 bits per heavy atom. The second kappa shape index (κ2) is 13.0. The number of aromatic nitrogens is 3. The lowest BCUT2D eigenvalue weighted by atomic mass is 10.1. The van der Waals surface area contributed by atoms with Crippen LogP contribution in [0.1, 0.15) is 29.4 Å². The number of hydrogen-bond acceptors (Lipinski definition) is 7. The summed E-state index contributed by atoms with van der Waals surface area (Å²) in [5.41, 5.74) is 2.90. The molecule has 232 valence electrons. The first kappa shape index (κ1) is 31.0. The molecule has 1 aliphatic rings. The molecule has 11 nitrogen and oxygen atoms in total. The summed E-state index contributed by atoms with van der Waals surface area (Å²) in [6, 6.07) is 11.7. The van der Waals surface area contributed by atoms with E-state index >= 15 is 0 Å². The van der Waals surface area contributed by atoms with E-state index in [1.54, 1.807) is 61.3 Å². The minimum absolute atomic E-state index is 0.130. The van der Waals surface area contributed by atoms with Gasteiger partial charge in [0.1, 0.15) is 36.1 Å². The number of ketones is 1. The highest BCUT2D eigenvalue weighted by Crippen LogP contribution is 2.28. The number of aryl methyl sites for hydroxylation is 1. The number of nitrogens with zero attached hydrogens (tertiary/aromatic N) is 6. The number of aliphatic imine (C=N–C) groups is 2. The van der Waals surface area contributed by atoms with Gasteiger partial charge in [0, 0.05) is 54.1 Å². The van der Waals surface area contributed by atoms with E-state index in [1.807, 2.05) is 0 Å². The van der Waals surface area contributed by atoms with Crippen LogP contribution in [0.4, 0.5) is 20.3 Å². The standard InChI is InChI=1S/C32H32F2N8O3/c1-19-11-30(42(39-19)28-8-6-5-7-26(28)34)38-32(45)29-12-21(33)16-41(29)31(44)18-40-17-25(20(2)43)24-13-22(9-10-27(24)40)37-23(14-35-3)15-36-4/h5-11,13-15,17,21,29,37H,3,12,16,18H2,1-2,4H3,(H,38,45)/b23-14+,36-15?/t21-,29+/m1/s1. The number of hydrogen-bond donors (Lipinski definition) is 2. The number of carbonyl (C=O) groups excluding carboxylic acids is 3. The van der Waals surface area contributed by atoms with E-state index < -0.39 is 29.8 Å². The molecule has 1 saturated heterocycles. The Morgan fingerprint density at radius 2 is 1.93 bits per heavy atom. The summed E-state index contributed by atoms with van der Waals surface area (Å²) in [6.07, 6.45) is 3.05. The maximum atomic E-state index is 14.7. The number of carbonyl (C=O) groups is 3. The summed E-state index contributed by atoms with van der Waals surface area (Å²) in [5, 5.41) is 10.8. The summed E-state index contributed by atoms with van der Waals surface area (Å²) in [7, 11) is 1.62. The molecule has 0 unspecified atom stereocenters. The largest absolute Gasteiger partial charge is 0.353 e. The number of para-hydroxylation sites is 1. The molecule has 45 heavy (non-hydrogen) atoms. The molecule has 0 radical (unpaired) electrons. The Hall–Kier alpha value is -5.46. The fourth-order valence-corrected chi connectivity index (χ4v) is 5.44. The normalized spacial score (nSPS) is 16.8. The lowest BCUT2D eigenvalue weighted by molar-refractivity contribution is -0.137. The monoisotopic (exact) mass is 614 g/mol. The average molecular weight is 615 g/mol. The fraction of sp³-hybridized carbons (Fsp3) is 0.250. The SMILES string of the molecule is C=N/C=C(\C=NC)Nc1ccc2c(c1)c(C(C)=O)cn2CC(=O)N1C[C@H](F)C[C@H]1C(=O)Nc1cc(C)nn1-c1ccccc1F. The molecule has 3 heterocycles. The molecule has 4 aromatic rings. The van der Waals surface area contributed by atoms with Crippen LogP contribution in [-0.2, 0) is 16.1 Å². The first-order valence-corrected chi connectivity index (χ1v) is 14.1. The molecule has 2 amide bonds. The van der Waals surface area contributed by atoms with Crippen molar-refractivity contribution in [2.45, 2.75) is 39.0 Å². The molecule has 2 aromatic carbocycles. The van der Waals surface area contributed by atoms with Crippen LogP contribution < -0.4 is 10.6 Å². The second-order valence-electron chi connectivity index (χ2n) is 10.7. The third-order valence-corrected chi connectivity index (χ3v) is 7.39. The van der Waals surface area contributed by atoms with Crippen molar-refractivity contribution >= 4 is 52.9 Å².